The van der Waals surface area contributed by atoms with Crippen LogP contribution in [0.15, 0.2) is 24.3 Å². The van der Waals surface area contributed by atoms with E-state index in [1.54, 1.807) is 6.07 Å². The summed E-state index contributed by atoms with van der Waals surface area (Å²) in [7, 11) is 3.00. The van der Waals surface area contributed by atoms with Gasteiger partial charge in [-0.1, -0.05) is 12.1 Å². The maximum absolute atomic E-state index is 12.9. The molecular formula is C13H19FN2O3. The van der Waals surface area contributed by atoms with Gasteiger partial charge in [0, 0.05) is 20.8 Å². The van der Waals surface area contributed by atoms with Crippen LogP contribution >= 0.6 is 0 Å². The fourth-order valence-corrected chi connectivity index (χ4v) is 1.51. The van der Waals surface area contributed by atoms with Gasteiger partial charge in [-0.15, -0.1) is 0 Å². The second kappa shape index (κ2) is 8.44. The minimum absolute atomic E-state index is 0.263. The number of methoxy groups -OCH3 is 2. The van der Waals surface area contributed by atoms with E-state index in [0.717, 1.165) is 5.56 Å². The lowest BCUT2D eigenvalue weighted by Crippen LogP contribution is -2.41. The molecule has 0 aliphatic heterocycles. The topological polar surface area (TPSA) is 59.6 Å². The van der Waals surface area contributed by atoms with E-state index in [-0.39, 0.29) is 18.4 Å². The Morgan fingerprint density at radius 3 is 2.68 bits per heavy atom. The number of nitrogens with one attached hydrogen (secondary N) is 2. The summed E-state index contributed by atoms with van der Waals surface area (Å²) in [6.45, 7) is 0.693. The first-order valence-corrected chi connectivity index (χ1v) is 5.97. The van der Waals surface area contributed by atoms with Gasteiger partial charge in [-0.2, -0.15) is 0 Å². The number of hydrogen-bond acceptors (Lipinski definition) is 3. The van der Waals surface area contributed by atoms with Crippen LogP contribution in [0.1, 0.15) is 5.56 Å². The predicted molar refractivity (Wildman–Crippen MR) is 69.3 cm³/mol. The van der Waals surface area contributed by atoms with Crippen LogP contribution < -0.4 is 10.6 Å². The first-order valence-electron chi connectivity index (χ1n) is 5.97. The molecule has 0 bridgehead atoms. The highest BCUT2D eigenvalue weighted by molar-refractivity contribution is 5.73. The number of ether oxygens (including phenoxy) is 2. The Bertz CT molecular complexity index is 397. The van der Waals surface area contributed by atoms with E-state index < -0.39 is 6.29 Å². The molecule has 0 unspecified atom stereocenters. The second-order valence-corrected chi connectivity index (χ2v) is 3.92. The van der Waals surface area contributed by atoms with Gasteiger partial charge in [0.25, 0.3) is 0 Å². The zero-order chi connectivity index (χ0) is 14.1. The summed E-state index contributed by atoms with van der Waals surface area (Å²) in [4.78, 5) is 11.4. The van der Waals surface area contributed by atoms with Crippen LogP contribution in [0, 0.1) is 5.82 Å². The Kier molecular flexibility index (Phi) is 6.84. The summed E-state index contributed by atoms with van der Waals surface area (Å²) in [5.74, 6) is -0.273. The summed E-state index contributed by atoms with van der Waals surface area (Å²) in [5, 5.41) is 5.28. The fourth-order valence-electron chi connectivity index (χ4n) is 1.51. The highest BCUT2D eigenvalue weighted by Crippen LogP contribution is 2.03. The molecule has 0 radical (unpaired) electrons. The highest BCUT2D eigenvalue weighted by Gasteiger charge is 2.07. The average Bonchev–Trinajstić information content (AvgIpc) is 2.40. The quantitative estimate of drug-likeness (QED) is 0.734. The van der Waals surface area contributed by atoms with Crippen molar-refractivity contribution in [2.24, 2.45) is 0 Å². The predicted octanol–water partition coefficient (Wildman–Crippen LogP) is 1.29. The molecule has 1 rings (SSSR count). The molecule has 0 aliphatic carbocycles. The second-order valence-electron chi connectivity index (χ2n) is 3.92. The van der Waals surface area contributed by atoms with E-state index in [1.807, 2.05) is 6.07 Å². The Labute approximate surface area is 112 Å². The lowest BCUT2D eigenvalue weighted by Gasteiger charge is -2.14. The molecule has 106 valence electrons. The van der Waals surface area contributed by atoms with Gasteiger partial charge in [0.2, 0.25) is 0 Å². The fraction of sp³-hybridized carbons (Fsp3) is 0.462. The molecule has 19 heavy (non-hydrogen) atoms. The number of hydrogen-bond donors (Lipinski definition) is 2. The molecule has 2 N–H and O–H groups in total. The Balaban J connectivity index is 2.20. The van der Waals surface area contributed by atoms with Crippen molar-refractivity contribution in [3.8, 4) is 0 Å². The van der Waals surface area contributed by atoms with Gasteiger partial charge in [0.1, 0.15) is 5.82 Å². The third-order valence-electron chi connectivity index (χ3n) is 2.54. The van der Waals surface area contributed by atoms with Crippen LogP contribution in [0.25, 0.3) is 0 Å². The Morgan fingerprint density at radius 2 is 2.05 bits per heavy atom. The summed E-state index contributed by atoms with van der Waals surface area (Å²) in [5.41, 5.74) is 0.840. The minimum Gasteiger partial charge on any atom is -0.354 e. The number of carbonyl (C=O) groups excluding carboxylic acids is 1. The molecule has 0 saturated heterocycles. The van der Waals surface area contributed by atoms with Gasteiger partial charge in [-0.05, 0) is 24.1 Å². The molecule has 0 aliphatic rings. The highest BCUT2D eigenvalue weighted by atomic mass is 19.1. The van der Waals surface area contributed by atoms with Crippen LogP contribution in [-0.4, -0.2) is 39.6 Å². The maximum atomic E-state index is 12.9. The third kappa shape index (κ3) is 6.17. The van der Waals surface area contributed by atoms with Gasteiger partial charge in [-0.3, -0.25) is 0 Å². The van der Waals surface area contributed by atoms with Gasteiger partial charge in [0.15, 0.2) is 6.29 Å². The molecule has 0 aromatic heterocycles. The van der Waals surface area contributed by atoms with E-state index in [9.17, 15) is 9.18 Å². The molecule has 6 heteroatoms. The van der Waals surface area contributed by atoms with Gasteiger partial charge < -0.3 is 20.1 Å². The summed E-state index contributed by atoms with van der Waals surface area (Å²) in [6.07, 6.45) is 0.109. The van der Waals surface area contributed by atoms with Crippen molar-refractivity contribution in [1.82, 2.24) is 10.6 Å². The first kappa shape index (κ1) is 15.4. The molecule has 0 fully saturated rings. The van der Waals surface area contributed by atoms with Gasteiger partial charge in [0.05, 0.1) is 6.54 Å². The molecule has 0 spiro atoms. The van der Waals surface area contributed by atoms with Crippen LogP contribution in [0.5, 0.6) is 0 Å². The van der Waals surface area contributed by atoms with E-state index in [4.69, 9.17) is 9.47 Å². The molecule has 5 nitrogen and oxygen atoms in total. The number of halogens is 1. The Morgan fingerprint density at radius 1 is 1.32 bits per heavy atom. The van der Waals surface area contributed by atoms with Crippen molar-refractivity contribution in [2.75, 3.05) is 27.3 Å². The molecule has 0 atom stereocenters. The van der Waals surface area contributed by atoms with Crippen molar-refractivity contribution >= 4 is 6.03 Å². The largest absolute Gasteiger partial charge is 0.354 e. The number of urea groups is 1. The first-order chi connectivity index (χ1) is 9.15. The van der Waals surface area contributed by atoms with E-state index in [1.165, 1.54) is 26.4 Å². The Hall–Kier alpha value is -1.66. The molecule has 2 amide bonds. The number of benzene rings is 1. The smallest absolute Gasteiger partial charge is 0.314 e. The van der Waals surface area contributed by atoms with E-state index >= 15 is 0 Å². The van der Waals surface area contributed by atoms with Gasteiger partial charge in [-0.25, -0.2) is 9.18 Å². The summed E-state index contributed by atoms with van der Waals surface area (Å²) >= 11 is 0. The average molecular weight is 270 g/mol. The zero-order valence-corrected chi connectivity index (χ0v) is 11.1. The number of amides is 2. The van der Waals surface area contributed by atoms with Crippen molar-refractivity contribution in [3.05, 3.63) is 35.6 Å². The van der Waals surface area contributed by atoms with Crippen molar-refractivity contribution in [2.45, 2.75) is 12.7 Å². The third-order valence-corrected chi connectivity index (χ3v) is 2.54. The lowest BCUT2D eigenvalue weighted by atomic mass is 10.1. The minimum atomic E-state index is -0.464. The lowest BCUT2D eigenvalue weighted by molar-refractivity contribution is -0.0971. The molecule has 1 aromatic rings. The van der Waals surface area contributed by atoms with Crippen molar-refractivity contribution in [3.63, 3.8) is 0 Å². The maximum Gasteiger partial charge on any atom is 0.314 e. The molecule has 0 heterocycles. The monoisotopic (exact) mass is 270 g/mol. The van der Waals surface area contributed by atoms with E-state index in [0.29, 0.717) is 13.0 Å². The normalized spacial score (nSPS) is 10.5. The number of carbonyl (C=O) groups is 1. The van der Waals surface area contributed by atoms with Gasteiger partial charge >= 0.3 is 6.03 Å². The number of rotatable bonds is 7. The van der Waals surface area contributed by atoms with E-state index in [2.05, 4.69) is 10.6 Å². The van der Waals surface area contributed by atoms with Crippen LogP contribution in [0.2, 0.25) is 0 Å². The standard InChI is InChI=1S/C13H19FN2O3/c1-18-12(19-2)9-16-13(17)15-7-6-10-4-3-5-11(14)8-10/h3-5,8,12H,6-7,9H2,1-2H3,(H2,15,16,17). The summed E-state index contributed by atoms with van der Waals surface area (Å²) < 4.78 is 22.8. The molecule has 0 saturated carbocycles. The zero-order valence-electron chi connectivity index (χ0n) is 11.1. The van der Waals surface area contributed by atoms with Crippen LogP contribution in [0.4, 0.5) is 9.18 Å². The SMILES string of the molecule is COC(CNC(=O)NCCc1cccc(F)c1)OC. The molecule has 1 aromatic carbocycles. The van der Waals surface area contributed by atoms with Crippen molar-refractivity contribution < 1.29 is 18.7 Å². The van der Waals surface area contributed by atoms with Crippen LogP contribution in [-0.2, 0) is 15.9 Å². The van der Waals surface area contributed by atoms with Crippen molar-refractivity contribution in [1.29, 1.82) is 0 Å². The molecular weight excluding hydrogens is 251 g/mol. The summed E-state index contributed by atoms with van der Waals surface area (Å²) in [6, 6.07) is 5.99. The van der Waals surface area contributed by atoms with Crippen LogP contribution in [0.3, 0.4) is 0 Å².